The molecule has 1 aromatic carbocycles. The third kappa shape index (κ3) is 3.16. The molecule has 20 heavy (non-hydrogen) atoms. The van der Waals surface area contributed by atoms with Gasteiger partial charge in [-0.15, -0.1) is 5.10 Å². The lowest BCUT2D eigenvalue weighted by Crippen LogP contribution is -2.10. The molecule has 0 saturated carbocycles. The van der Waals surface area contributed by atoms with Gasteiger partial charge in [0.25, 0.3) is 0 Å². The minimum Gasteiger partial charge on any atom is -0.323 e. The number of halogens is 3. The van der Waals surface area contributed by atoms with E-state index in [-0.39, 0.29) is 6.04 Å². The van der Waals surface area contributed by atoms with E-state index in [0.29, 0.717) is 11.4 Å². The van der Waals surface area contributed by atoms with Crippen LogP contribution < -0.4 is 5.73 Å². The third-order valence-corrected chi connectivity index (χ3v) is 2.95. The molecule has 0 spiro atoms. The van der Waals surface area contributed by atoms with E-state index in [2.05, 4.69) is 10.3 Å². The Bertz CT molecular complexity index is 560. The van der Waals surface area contributed by atoms with Gasteiger partial charge in [0.05, 0.1) is 29.2 Å². The van der Waals surface area contributed by atoms with E-state index in [1.165, 1.54) is 16.8 Å². The normalized spacial score (nSPS) is 13.4. The van der Waals surface area contributed by atoms with Gasteiger partial charge in [0.1, 0.15) is 0 Å². The van der Waals surface area contributed by atoms with Gasteiger partial charge in [-0.3, -0.25) is 0 Å². The van der Waals surface area contributed by atoms with Crippen molar-refractivity contribution < 1.29 is 13.2 Å². The molecule has 0 saturated heterocycles. The average molecular weight is 284 g/mol. The van der Waals surface area contributed by atoms with Crippen LogP contribution in [0.15, 0.2) is 30.5 Å². The maximum atomic E-state index is 12.5. The topological polar surface area (TPSA) is 56.7 Å². The first-order valence-corrected chi connectivity index (χ1v) is 6.27. The van der Waals surface area contributed by atoms with Gasteiger partial charge in [-0.2, -0.15) is 13.2 Å². The summed E-state index contributed by atoms with van der Waals surface area (Å²) in [4.78, 5) is 0. The summed E-state index contributed by atoms with van der Waals surface area (Å²) in [7, 11) is 0. The van der Waals surface area contributed by atoms with Crippen molar-refractivity contribution in [3.05, 3.63) is 41.7 Å². The van der Waals surface area contributed by atoms with Gasteiger partial charge in [0.15, 0.2) is 0 Å². The zero-order chi connectivity index (χ0) is 14.8. The van der Waals surface area contributed by atoms with Crippen LogP contribution in [0.1, 0.15) is 37.1 Å². The van der Waals surface area contributed by atoms with Crippen LogP contribution in [-0.4, -0.2) is 15.0 Å². The Kier molecular flexibility index (Phi) is 4.08. The SMILES string of the molecule is CCCC(N)c1cn(-c2ccc(C(F)(F)F)cc2)nn1. The molecule has 7 heteroatoms. The summed E-state index contributed by atoms with van der Waals surface area (Å²) >= 11 is 0. The number of rotatable bonds is 4. The van der Waals surface area contributed by atoms with Crippen molar-refractivity contribution in [3.63, 3.8) is 0 Å². The molecule has 0 aliphatic rings. The molecule has 2 aromatic rings. The average Bonchev–Trinajstić information content (AvgIpc) is 2.88. The van der Waals surface area contributed by atoms with Crippen molar-refractivity contribution in [2.75, 3.05) is 0 Å². The van der Waals surface area contributed by atoms with E-state index < -0.39 is 11.7 Å². The lowest BCUT2D eigenvalue weighted by molar-refractivity contribution is -0.137. The number of alkyl halides is 3. The standard InChI is InChI=1S/C13H15F3N4/c1-2-3-11(17)12-8-20(19-18-12)10-6-4-9(5-7-10)13(14,15)16/h4-8,11H,2-3,17H2,1H3. The first-order chi connectivity index (χ1) is 9.41. The third-order valence-electron chi connectivity index (χ3n) is 2.95. The largest absolute Gasteiger partial charge is 0.416 e. The van der Waals surface area contributed by atoms with Crippen LogP contribution >= 0.6 is 0 Å². The van der Waals surface area contributed by atoms with Crippen LogP contribution in [-0.2, 0) is 6.18 Å². The zero-order valence-electron chi connectivity index (χ0n) is 10.9. The van der Waals surface area contributed by atoms with Crippen molar-refractivity contribution in [2.45, 2.75) is 32.0 Å². The second-order valence-electron chi connectivity index (χ2n) is 4.53. The molecule has 0 aliphatic heterocycles. The monoisotopic (exact) mass is 284 g/mol. The maximum absolute atomic E-state index is 12.5. The highest BCUT2D eigenvalue weighted by molar-refractivity contribution is 5.35. The fraction of sp³-hybridized carbons (Fsp3) is 0.385. The number of hydrogen-bond acceptors (Lipinski definition) is 3. The number of aromatic nitrogens is 3. The maximum Gasteiger partial charge on any atom is 0.416 e. The number of benzene rings is 1. The highest BCUT2D eigenvalue weighted by Crippen LogP contribution is 2.29. The van der Waals surface area contributed by atoms with E-state index in [1.807, 2.05) is 6.92 Å². The van der Waals surface area contributed by atoms with Gasteiger partial charge in [-0.25, -0.2) is 4.68 Å². The Hall–Kier alpha value is -1.89. The Balaban J connectivity index is 2.20. The van der Waals surface area contributed by atoms with Gasteiger partial charge in [0.2, 0.25) is 0 Å². The molecular formula is C13H15F3N4. The van der Waals surface area contributed by atoms with Crippen LogP contribution in [0.5, 0.6) is 0 Å². The molecule has 0 bridgehead atoms. The highest BCUT2D eigenvalue weighted by Gasteiger charge is 2.30. The summed E-state index contributed by atoms with van der Waals surface area (Å²) in [5.74, 6) is 0. The van der Waals surface area contributed by atoms with Gasteiger partial charge in [0, 0.05) is 0 Å². The number of nitrogens with two attached hydrogens (primary N) is 1. The number of nitrogens with zero attached hydrogens (tertiary/aromatic N) is 3. The van der Waals surface area contributed by atoms with Crippen LogP contribution in [0, 0.1) is 0 Å². The predicted octanol–water partition coefficient (Wildman–Crippen LogP) is 3.09. The molecule has 1 aromatic heterocycles. The first kappa shape index (κ1) is 14.5. The minimum absolute atomic E-state index is 0.205. The predicted molar refractivity (Wildman–Crippen MR) is 68.2 cm³/mol. The molecule has 2 N–H and O–H groups in total. The molecule has 0 radical (unpaired) electrons. The lowest BCUT2D eigenvalue weighted by Gasteiger charge is -2.07. The Labute approximate surface area is 114 Å². The Morgan fingerprint density at radius 2 is 1.90 bits per heavy atom. The van der Waals surface area contributed by atoms with Gasteiger partial charge in [-0.05, 0) is 30.7 Å². The molecule has 1 atom stereocenters. The summed E-state index contributed by atoms with van der Waals surface area (Å²) in [6, 6.07) is 4.54. The zero-order valence-corrected chi connectivity index (χ0v) is 10.9. The molecule has 1 unspecified atom stereocenters. The van der Waals surface area contributed by atoms with Gasteiger partial charge < -0.3 is 5.73 Å². The quantitative estimate of drug-likeness (QED) is 0.938. The summed E-state index contributed by atoms with van der Waals surface area (Å²) in [6.07, 6.45) is -0.988. The summed E-state index contributed by atoms with van der Waals surface area (Å²) in [6.45, 7) is 2.01. The van der Waals surface area contributed by atoms with E-state index in [9.17, 15) is 13.2 Å². The van der Waals surface area contributed by atoms with E-state index in [0.717, 1.165) is 25.0 Å². The smallest absolute Gasteiger partial charge is 0.323 e. The molecule has 4 nitrogen and oxygen atoms in total. The van der Waals surface area contributed by atoms with Crippen LogP contribution in [0.4, 0.5) is 13.2 Å². The van der Waals surface area contributed by atoms with Crippen LogP contribution in [0.25, 0.3) is 5.69 Å². The van der Waals surface area contributed by atoms with E-state index in [4.69, 9.17) is 5.73 Å². The highest BCUT2D eigenvalue weighted by atomic mass is 19.4. The summed E-state index contributed by atoms with van der Waals surface area (Å²) in [5, 5.41) is 7.84. The summed E-state index contributed by atoms with van der Waals surface area (Å²) in [5.41, 5.74) is 6.37. The van der Waals surface area contributed by atoms with Crippen molar-refractivity contribution >= 4 is 0 Å². The van der Waals surface area contributed by atoms with E-state index >= 15 is 0 Å². The fourth-order valence-electron chi connectivity index (χ4n) is 1.83. The fourth-order valence-corrected chi connectivity index (χ4v) is 1.83. The molecule has 0 fully saturated rings. The summed E-state index contributed by atoms with van der Waals surface area (Å²) < 4.78 is 38.8. The minimum atomic E-state index is -4.34. The van der Waals surface area contributed by atoms with Crippen LogP contribution in [0.3, 0.4) is 0 Å². The van der Waals surface area contributed by atoms with Crippen molar-refractivity contribution in [1.29, 1.82) is 0 Å². The van der Waals surface area contributed by atoms with Crippen molar-refractivity contribution in [2.24, 2.45) is 5.73 Å². The Morgan fingerprint density at radius 1 is 1.25 bits per heavy atom. The molecule has 108 valence electrons. The van der Waals surface area contributed by atoms with Crippen molar-refractivity contribution in [1.82, 2.24) is 15.0 Å². The van der Waals surface area contributed by atoms with E-state index in [1.54, 1.807) is 6.20 Å². The molecule has 0 aliphatic carbocycles. The van der Waals surface area contributed by atoms with Crippen LogP contribution in [0.2, 0.25) is 0 Å². The Morgan fingerprint density at radius 3 is 2.45 bits per heavy atom. The second-order valence-corrected chi connectivity index (χ2v) is 4.53. The lowest BCUT2D eigenvalue weighted by atomic mass is 10.1. The molecule has 2 rings (SSSR count). The molecule has 1 heterocycles. The van der Waals surface area contributed by atoms with Gasteiger partial charge >= 0.3 is 6.18 Å². The molecule has 0 amide bonds. The van der Waals surface area contributed by atoms with Gasteiger partial charge in [-0.1, -0.05) is 18.6 Å². The second kappa shape index (κ2) is 5.62. The number of hydrogen-bond donors (Lipinski definition) is 1. The first-order valence-electron chi connectivity index (χ1n) is 6.27. The molecular weight excluding hydrogens is 269 g/mol. The van der Waals surface area contributed by atoms with Crippen molar-refractivity contribution in [3.8, 4) is 5.69 Å².